The van der Waals surface area contributed by atoms with Crippen LogP contribution in [0.15, 0.2) is 42.0 Å². The first-order chi connectivity index (χ1) is 26.5. The Hall–Kier alpha value is -4.72. The minimum absolute atomic E-state index is 0.00114. The molecule has 2 amide bonds. The van der Waals surface area contributed by atoms with Crippen molar-refractivity contribution in [2.45, 2.75) is 148 Å². The van der Waals surface area contributed by atoms with Crippen molar-refractivity contribution in [3.63, 3.8) is 0 Å². The van der Waals surface area contributed by atoms with Gasteiger partial charge in [-0.2, -0.15) is 0 Å². The molecule has 3 aliphatic heterocycles. The van der Waals surface area contributed by atoms with Gasteiger partial charge < -0.3 is 39.4 Å². The maximum absolute atomic E-state index is 13.3. The van der Waals surface area contributed by atoms with Crippen LogP contribution in [0.1, 0.15) is 117 Å². The monoisotopic (exact) mass is 782 g/mol. The van der Waals surface area contributed by atoms with Crippen LogP contribution < -0.4 is 10.6 Å². The highest BCUT2D eigenvalue weighted by atomic mass is 16.6. The Labute approximate surface area is 329 Å². The van der Waals surface area contributed by atoms with Gasteiger partial charge in [-0.15, -0.1) is 0 Å². The second-order valence-electron chi connectivity index (χ2n) is 15.8. The number of esters is 4. The molecule has 5 rings (SSSR count). The average Bonchev–Trinajstić information content (AvgIpc) is 3.71. The molecule has 3 fully saturated rings. The van der Waals surface area contributed by atoms with Gasteiger partial charge in [-0.3, -0.25) is 19.2 Å². The molecule has 1 aromatic rings. The van der Waals surface area contributed by atoms with Crippen molar-refractivity contribution >= 4 is 41.9 Å². The molecular weight excluding hydrogens is 724 g/mol. The number of epoxide rings is 1. The molecule has 0 aromatic heterocycles. The first-order valence-corrected chi connectivity index (χ1v) is 19.7. The van der Waals surface area contributed by atoms with Gasteiger partial charge in [0.1, 0.15) is 24.4 Å². The molecule has 0 saturated carbocycles. The summed E-state index contributed by atoms with van der Waals surface area (Å²) in [6, 6.07) is 2.71. The Bertz CT molecular complexity index is 1670. The van der Waals surface area contributed by atoms with E-state index in [-0.39, 0.29) is 53.3 Å². The molecule has 56 heavy (non-hydrogen) atoms. The van der Waals surface area contributed by atoms with Crippen LogP contribution in [-0.4, -0.2) is 83.5 Å². The molecule has 0 radical (unpaired) electrons. The number of para-hydroxylation sites is 1. The molecule has 3 heterocycles. The number of rotatable bonds is 11. The number of phenolic OH excluding ortho intramolecular Hbond substituents is 1. The maximum atomic E-state index is 13.3. The molecule has 3 N–H and O–H groups in total. The first kappa shape index (κ1) is 44.0. The highest BCUT2D eigenvalue weighted by Gasteiger charge is 2.61. The van der Waals surface area contributed by atoms with E-state index in [1.54, 1.807) is 0 Å². The summed E-state index contributed by atoms with van der Waals surface area (Å²) in [6.45, 7) is 16.9. The summed E-state index contributed by atoms with van der Waals surface area (Å²) >= 11 is 0. The summed E-state index contributed by atoms with van der Waals surface area (Å²) in [7, 11) is 0. The summed E-state index contributed by atoms with van der Waals surface area (Å²) in [5.74, 6) is -4.38. The van der Waals surface area contributed by atoms with E-state index in [0.29, 0.717) is 24.8 Å². The van der Waals surface area contributed by atoms with Crippen LogP contribution in [0.4, 0.5) is 5.69 Å². The molecule has 1 aromatic carbocycles. The van der Waals surface area contributed by atoms with Crippen molar-refractivity contribution in [2.75, 3.05) is 5.32 Å². The minimum atomic E-state index is -1.42. The quantitative estimate of drug-likeness (QED) is 0.0355. The van der Waals surface area contributed by atoms with Gasteiger partial charge in [-0.25, -0.2) is 9.59 Å². The van der Waals surface area contributed by atoms with E-state index >= 15 is 0 Å². The van der Waals surface area contributed by atoms with Crippen LogP contribution in [-0.2, 0) is 47.7 Å². The van der Waals surface area contributed by atoms with E-state index in [9.17, 15) is 33.9 Å². The summed E-state index contributed by atoms with van der Waals surface area (Å²) in [5, 5.41) is 15.1. The number of carbonyl (C=O) groups is 6. The molecule has 308 valence electrons. The Morgan fingerprint density at radius 1 is 1.09 bits per heavy atom. The number of carbonyl (C=O) groups excluding carboxylic acids is 6. The fourth-order valence-corrected chi connectivity index (χ4v) is 7.43. The smallest absolute Gasteiger partial charge is 0.334 e. The number of nitrogens with one attached hydrogen (secondary N) is 2. The van der Waals surface area contributed by atoms with Crippen molar-refractivity contribution in [1.82, 2.24) is 5.32 Å². The maximum Gasteiger partial charge on any atom is 0.334 e. The van der Waals surface area contributed by atoms with Crippen molar-refractivity contribution in [3.8, 4) is 5.75 Å². The van der Waals surface area contributed by atoms with Crippen LogP contribution in [0.3, 0.4) is 0 Å². The molecule has 14 nitrogen and oxygen atoms in total. The third kappa shape index (κ3) is 11.0. The molecule has 3 saturated heterocycles. The Balaban J connectivity index is 0.000000318. The summed E-state index contributed by atoms with van der Waals surface area (Å²) in [6.07, 6.45) is 6.32. The largest absolute Gasteiger partial charge is 0.505 e. The van der Waals surface area contributed by atoms with Crippen LogP contribution in [0.5, 0.6) is 5.75 Å². The number of cyclic esters (lactones) is 2. The number of hydrogen-bond acceptors (Lipinski definition) is 12. The number of allylic oxidation sites excluding steroid dienone is 2. The lowest BCUT2D eigenvalue weighted by molar-refractivity contribution is -0.175. The number of fused-ring (bicyclic) bond motifs is 3. The second-order valence-corrected chi connectivity index (χ2v) is 15.8. The zero-order valence-electron chi connectivity index (χ0n) is 33.6. The number of amides is 2. The van der Waals surface area contributed by atoms with Crippen LogP contribution >= 0.6 is 0 Å². The van der Waals surface area contributed by atoms with E-state index < -0.39 is 59.8 Å². The second kappa shape index (κ2) is 19.4. The summed E-state index contributed by atoms with van der Waals surface area (Å²) < 4.78 is 28.2. The van der Waals surface area contributed by atoms with Crippen molar-refractivity contribution in [1.29, 1.82) is 0 Å². The van der Waals surface area contributed by atoms with E-state index in [1.165, 1.54) is 37.6 Å². The van der Waals surface area contributed by atoms with E-state index in [2.05, 4.69) is 37.1 Å². The van der Waals surface area contributed by atoms with Gasteiger partial charge in [0, 0.05) is 17.9 Å². The topological polar surface area (TPSA) is 196 Å². The Morgan fingerprint density at radius 3 is 2.48 bits per heavy atom. The van der Waals surface area contributed by atoms with E-state index in [0.717, 1.165) is 38.5 Å². The zero-order valence-corrected chi connectivity index (χ0v) is 33.6. The fourth-order valence-electron chi connectivity index (χ4n) is 7.43. The van der Waals surface area contributed by atoms with Gasteiger partial charge in [0.15, 0.2) is 17.9 Å². The van der Waals surface area contributed by atoms with Crippen molar-refractivity contribution in [2.24, 2.45) is 17.8 Å². The van der Waals surface area contributed by atoms with Gasteiger partial charge in [0.2, 0.25) is 6.41 Å². The number of benzene rings is 1. The molecule has 9 unspecified atom stereocenters. The number of ether oxygens (including phenoxy) is 5. The third-order valence-corrected chi connectivity index (χ3v) is 10.8. The number of anilines is 1. The van der Waals surface area contributed by atoms with Gasteiger partial charge in [0.25, 0.3) is 5.91 Å². The molecule has 14 heteroatoms. The van der Waals surface area contributed by atoms with E-state index in [1.807, 2.05) is 20.8 Å². The van der Waals surface area contributed by atoms with Crippen LogP contribution in [0.2, 0.25) is 0 Å². The predicted octanol–water partition coefficient (Wildman–Crippen LogP) is 5.85. The number of phenols is 1. The van der Waals surface area contributed by atoms with Crippen LogP contribution in [0, 0.1) is 17.8 Å². The Kier molecular flexibility index (Phi) is 15.3. The molecule has 1 aliphatic carbocycles. The number of hydrogen-bond donors (Lipinski definition) is 3. The van der Waals surface area contributed by atoms with Crippen LogP contribution in [0.25, 0.3) is 0 Å². The standard InChI is InChI=1S/C27H38N2O9.C15H20O3/c1-6-7-8-10-19-24(38-21(31)13-15(2)3)17(5)37-27(35)22(16(4)36-26(19)34)29-25(33)18-11-9-12-20(23(18)32)28-14-30;1-9-5-4-8-15(3)13(18-15)12-11(7-6-9)10(2)14(16)17-12/h9,11-12,14-17,19,22,24,32H,6-8,10,13H2,1-5H3,(H,28,30)(H,29,33);5,11-13H,2,4,6-8H2,1,3H3. The molecular formula is C42H58N2O12. The lowest BCUT2D eigenvalue weighted by Crippen LogP contribution is -2.50. The third-order valence-electron chi connectivity index (χ3n) is 10.8. The Morgan fingerprint density at radius 2 is 1.80 bits per heavy atom. The lowest BCUT2D eigenvalue weighted by Gasteiger charge is -2.29. The zero-order chi connectivity index (χ0) is 41.3. The van der Waals surface area contributed by atoms with Crippen molar-refractivity contribution in [3.05, 3.63) is 47.6 Å². The molecule has 0 bridgehead atoms. The van der Waals surface area contributed by atoms with Gasteiger partial charge in [-0.1, -0.05) is 64.3 Å². The lowest BCUT2D eigenvalue weighted by atomic mass is 9.84. The SMILES string of the molecule is C=C1C(=O)OC2C1CCC(C)=CCCC1(C)OC21.CCCCCC1C(=O)OC(C)C(NC(=O)c2cccc(NC=O)c2O)C(=O)OC(C)C1OC(=O)CC(C)C. The van der Waals surface area contributed by atoms with Crippen molar-refractivity contribution < 1.29 is 57.6 Å². The predicted molar refractivity (Wildman–Crippen MR) is 205 cm³/mol. The van der Waals surface area contributed by atoms with Gasteiger partial charge >= 0.3 is 23.9 Å². The normalized spacial score (nSPS) is 30.2. The molecule has 9 atom stereocenters. The van der Waals surface area contributed by atoms with Gasteiger partial charge in [0.05, 0.1) is 22.8 Å². The number of unbranched alkanes of at least 4 members (excludes halogenated alkanes) is 2. The summed E-state index contributed by atoms with van der Waals surface area (Å²) in [5.41, 5.74) is 1.70. The summed E-state index contributed by atoms with van der Waals surface area (Å²) in [4.78, 5) is 74.4. The molecule has 4 aliphatic rings. The minimum Gasteiger partial charge on any atom is -0.505 e. The van der Waals surface area contributed by atoms with Gasteiger partial charge in [-0.05, 0) is 77.8 Å². The highest BCUT2D eigenvalue weighted by molar-refractivity contribution is 6.01. The highest BCUT2D eigenvalue weighted by Crippen LogP contribution is 2.49. The first-order valence-electron chi connectivity index (χ1n) is 19.7. The molecule has 0 spiro atoms. The average molecular weight is 783 g/mol. The number of aromatic hydroxyl groups is 1. The van der Waals surface area contributed by atoms with E-state index in [4.69, 9.17) is 23.7 Å². The fraction of sp³-hybridized carbons (Fsp3) is 0.619.